The van der Waals surface area contributed by atoms with Gasteiger partial charge in [-0.2, -0.15) is 9.50 Å². The van der Waals surface area contributed by atoms with Gasteiger partial charge in [-0.05, 0) is 50.1 Å². The monoisotopic (exact) mass is 353 g/mol. The van der Waals surface area contributed by atoms with Gasteiger partial charge in [0.05, 0.1) is 0 Å². The molecule has 0 saturated heterocycles. The summed E-state index contributed by atoms with van der Waals surface area (Å²) in [5.74, 6) is 0.627. The quantitative estimate of drug-likeness (QED) is 0.727. The highest BCUT2D eigenvalue weighted by molar-refractivity contribution is 5.91. The Balaban J connectivity index is 1.68. The topological polar surface area (TPSA) is 101 Å². The van der Waals surface area contributed by atoms with Crippen LogP contribution >= 0.6 is 0 Å². The molecule has 0 saturated carbocycles. The minimum atomic E-state index is -0.0420. The number of hydrogen-bond donors (Lipinski definition) is 2. The minimum absolute atomic E-state index is 0.0420. The summed E-state index contributed by atoms with van der Waals surface area (Å²) < 4.78 is 1.62. The van der Waals surface area contributed by atoms with E-state index >= 15 is 0 Å². The van der Waals surface area contributed by atoms with Crippen LogP contribution in [0.5, 0.6) is 0 Å². The van der Waals surface area contributed by atoms with Crippen molar-refractivity contribution in [1.82, 2.24) is 19.6 Å². The number of carbonyl (C=O) groups excluding carboxylic acids is 1. The molecule has 26 heavy (non-hydrogen) atoms. The van der Waals surface area contributed by atoms with Crippen LogP contribution in [0.25, 0.3) is 5.78 Å². The summed E-state index contributed by atoms with van der Waals surface area (Å²) in [7, 11) is 3.96. The Bertz CT molecular complexity index is 944. The number of nitrogen functional groups attached to an aromatic ring is 1. The van der Waals surface area contributed by atoms with Crippen LogP contribution in [0.3, 0.4) is 0 Å². The maximum Gasteiger partial charge on any atom is 0.254 e. The number of fused-ring (bicyclic) bond motifs is 1. The zero-order valence-corrected chi connectivity index (χ0v) is 15.4. The number of aryl methyl sites for hydroxylation is 2. The Morgan fingerprint density at radius 2 is 1.88 bits per heavy atom. The lowest BCUT2D eigenvalue weighted by molar-refractivity contribution is -0.116. The molecule has 0 bridgehead atoms. The Hall–Kier alpha value is -3.16. The predicted molar refractivity (Wildman–Crippen MR) is 102 cm³/mol. The third kappa shape index (κ3) is 3.58. The highest BCUT2D eigenvalue weighted by Crippen LogP contribution is 2.18. The minimum Gasteiger partial charge on any atom is -0.378 e. The van der Waals surface area contributed by atoms with Gasteiger partial charge in [0.15, 0.2) is 0 Å². The predicted octanol–water partition coefficient (Wildman–Crippen LogP) is 1.96. The second kappa shape index (κ2) is 6.99. The summed E-state index contributed by atoms with van der Waals surface area (Å²) >= 11 is 0. The molecule has 0 unspecified atom stereocenters. The third-order valence-corrected chi connectivity index (χ3v) is 4.33. The van der Waals surface area contributed by atoms with Crippen LogP contribution in [0.2, 0.25) is 0 Å². The number of carbonyl (C=O) groups is 1. The lowest BCUT2D eigenvalue weighted by Gasteiger charge is -2.13. The van der Waals surface area contributed by atoms with Crippen molar-refractivity contribution in [2.45, 2.75) is 26.7 Å². The van der Waals surface area contributed by atoms with Crippen molar-refractivity contribution in [3.63, 3.8) is 0 Å². The molecule has 8 heteroatoms. The summed E-state index contributed by atoms with van der Waals surface area (Å²) in [4.78, 5) is 22.8. The SMILES string of the molecule is Cc1nc2nc(N)nn2c(C)c1CCC(=O)Nc1ccc(N(C)C)cc1. The number of aromatic nitrogens is 4. The number of nitrogens with zero attached hydrogens (tertiary/aromatic N) is 5. The van der Waals surface area contributed by atoms with Gasteiger partial charge < -0.3 is 16.0 Å². The second-order valence-corrected chi connectivity index (χ2v) is 6.43. The highest BCUT2D eigenvalue weighted by atomic mass is 16.1. The molecule has 0 spiro atoms. The van der Waals surface area contributed by atoms with Crippen LogP contribution in [0.4, 0.5) is 17.3 Å². The first-order chi connectivity index (χ1) is 12.3. The van der Waals surface area contributed by atoms with Gasteiger partial charge in [-0.1, -0.05) is 0 Å². The zero-order chi connectivity index (χ0) is 18.8. The van der Waals surface area contributed by atoms with Crippen LogP contribution < -0.4 is 16.0 Å². The van der Waals surface area contributed by atoms with Gasteiger partial charge in [0, 0.05) is 43.3 Å². The van der Waals surface area contributed by atoms with Crippen molar-refractivity contribution in [3.05, 3.63) is 41.2 Å². The average Bonchev–Trinajstić information content (AvgIpc) is 2.95. The van der Waals surface area contributed by atoms with E-state index in [1.54, 1.807) is 4.52 Å². The lowest BCUT2D eigenvalue weighted by atomic mass is 10.1. The molecular weight excluding hydrogens is 330 g/mol. The molecule has 2 aromatic heterocycles. The largest absolute Gasteiger partial charge is 0.378 e. The summed E-state index contributed by atoms with van der Waals surface area (Å²) in [5, 5.41) is 7.07. The Labute approximate surface area is 152 Å². The summed E-state index contributed by atoms with van der Waals surface area (Å²) in [6.45, 7) is 3.84. The van der Waals surface area contributed by atoms with E-state index in [4.69, 9.17) is 5.73 Å². The van der Waals surface area contributed by atoms with Crippen LogP contribution in [-0.2, 0) is 11.2 Å². The first-order valence-electron chi connectivity index (χ1n) is 8.40. The van der Waals surface area contributed by atoms with E-state index in [0.29, 0.717) is 18.6 Å². The van der Waals surface area contributed by atoms with Gasteiger partial charge in [0.2, 0.25) is 11.9 Å². The molecule has 1 amide bonds. The molecule has 3 rings (SSSR count). The van der Waals surface area contributed by atoms with Crippen LogP contribution in [0.15, 0.2) is 24.3 Å². The van der Waals surface area contributed by atoms with Gasteiger partial charge >= 0.3 is 0 Å². The van der Waals surface area contributed by atoms with E-state index in [9.17, 15) is 4.79 Å². The third-order valence-electron chi connectivity index (χ3n) is 4.33. The molecule has 3 aromatic rings. The Morgan fingerprint density at radius 1 is 1.19 bits per heavy atom. The molecule has 2 heterocycles. The molecule has 3 N–H and O–H groups in total. The van der Waals surface area contributed by atoms with Gasteiger partial charge in [-0.3, -0.25) is 4.79 Å². The van der Waals surface area contributed by atoms with E-state index in [2.05, 4.69) is 20.4 Å². The average molecular weight is 353 g/mol. The number of anilines is 3. The molecule has 0 atom stereocenters. The van der Waals surface area contributed by atoms with E-state index in [1.807, 2.05) is 57.1 Å². The van der Waals surface area contributed by atoms with Gasteiger partial charge in [0.1, 0.15) is 0 Å². The molecule has 0 aliphatic rings. The van der Waals surface area contributed by atoms with Gasteiger partial charge in [-0.15, -0.1) is 5.10 Å². The highest BCUT2D eigenvalue weighted by Gasteiger charge is 2.14. The molecule has 8 nitrogen and oxygen atoms in total. The van der Waals surface area contributed by atoms with E-state index < -0.39 is 0 Å². The Morgan fingerprint density at radius 3 is 2.54 bits per heavy atom. The van der Waals surface area contributed by atoms with Crippen LogP contribution in [0, 0.1) is 13.8 Å². The Kier molecular flexibility index (Phi) is 4.75. The normalized spacial score (nSPS) is 10.9. The van der Waals surface area contributed by atoms with Gasteiger partial charge in [0.25, 0.3) is 5.78 Å². The summed E-state index contributed by atoms with van der Waals surface area (Å²) in [5.41, 5.74) is 10.2. The van der Waals surface area contributed by atoms with Crippen LogP contribution in [-0.4, -0.2) is 39.6 Å². The summed E-state index contributed by atoms with van der Waals surface area (Å²) in [6.07, 6.45) is 0.927. The fraction of sp³-hybridized carbons (Fsp3) is 0.333. The van der Waals surface area contributed by atoms with E-state index in [-0.39, 0.29) is 11.9 Å². The number of amides is 1. The number of hydrogen-bond acceptors (Lipinski definition) is 6. The molecule has 0 aliphatic heterocycles. The molecule has 0 radical (unpaired) electrons. The van der Waals surface area contributed by atoms with Crippen molar-refractivity contribution in [2.24, 2.45) is 0 Å². The van der Waals surface area contributed by atoms with Crippen molar-refractivity contribution in [2.75, 3.05) is 30.0 Å². The molecule has 0 aliphatic carbocycles. The van der Waals surface area contributed by atoms with Crippen molar-refractivity contribution >= 4 is 29.0 Å². The molecular formula is C18H23N7O. The first-order valence-corrected chi connectivity index (χ1v) is 8.40. The second-order valence-electron chi connectivity index (χ2n) is 6.43. The van der Waals surface area contributed by atoms with Crippen LogP contribution in [0.1, 0.15) is 23.4 Å². The maximum atomic E-state index is 12.3. The van der Waals surface area contributed by atoms with Gasteiger partial charge in [-0.25, -0.2) is 4.98 Å². The standard InChI is InChI=1S/C18H23N7O/c1-11-15(12(2)25-18(20-11)22-17(19)23-25)9-10-16(26)21-13-5-7-14(8-6-13)24(3)4/h5-8H,9-10H2,1-4H3,(H2,19,23)(H,21,26). The first kappa shape index (κ1) is 17.7. The van der Waals surface area contributed by atoms with E-state index in [0.717, 1.165) is 28.3 Å². The molecule has 1 aromatic carbocycles. The smallest absolute Gasteiger partial charge is 0.254 e. The number of benzene rings is 1. The van der Waals surface area contributed by atoms with Crippen molar-refractivity contribution in [1.29, 1.82) is 0 Å². The lowest BCUT2D eigenvalue weighted by Crippen LogP contribution is -2.14. The number of nitrogens with one attached hydrogen (secondary N) is 1. The van der Waals surface area contributed by atoms with Crippen molar-refractivity contribution in [3.8, 4) is 0 Å². The summed E-state index contributed by atoms with van der Waals surface area (Å²) in [6, 6.07) is 7.73. The fourth-order valence-corrected chi connectivity index (χ4v) is 2.89. The maximum absolute atomic E-state index is 12.3. The van der Waals surface area contributed by atoms with E-state index in [1.165, 1.54) is 0 Å². The molecule has 136 valence electrons. The molecule has 0 fully saturated rings. The number of nitrogens with two attached hydrogens (primary N) is 1. The number of rotatable bonds is 5. The zero-order valence-electron chi connectivity index (χ0n) is 15.4. The van der Waals surface area contributed by atoms with Crippen molar-refractivity contribution < 1.29 is 4.79 Å². The fourth-order valence-electron chi connectivity index (χ4n) is 2.89.